The predicted octanol–water partition coefficient (Wildman–Crippen LogP) is 3.84. The highest BCUT2D eigenvalue weighted by Crippen LogP contribution is 2.29. The maximum Gasteiger partial charge on any atom is 0.252 e. The van der Waals surface area contributed by atoms with Crippen LogP contribution in [0.2, 0.25) is 0 Å². The van der Waals surface area contributed by atoms with E-state index >= 15 is 0 Å². The minimum atomic E-state index is -3.73. The first kappa shape index (κ1) is 21.5. The van der Waals surface area contributed by atoms with Crippen LogP contribution in [0, 0.1) is 0 Å². The van der Waals surface area contributed by atoms with Gasteiger partial charge in [-0.2, -0.15) is 0 Å². The Morgan fingerprint density at radius 1 is 0.933 bits per heavy atom. The van der Waals surface area contributed by atoms with E-state index in [0.29, 0.717) is 0 Å². The Bertz CT molecular complexity index is 1090. The Morgan fingerprint density at radius 2 is 1.50 bits per heavy atom. The van der Waals surface area contributed by atoms with Crippen LogP contribution in [-0.2, 0) is 15.6 Å². The second-order valence-electron chi connectivity index (χ2n) is 6.98. The first-order valence-corrected chi connectivity index (χ1v) is 11.0. The van der Waals surface area contributed by atoms with Crippen molar-refractivity contribution < 1.29 is 13.2 Å². The minimum absolute atomic E-state index is 0.0260. The van der Waals surface area contributed by atoms with Crippen LogP contribution in [0.25, 0.3) is 0 Å². The lowest BCUT2D eigenvalue weighted by atomic mass is 9.84. The molecule has 3 aromatic carbocycles. The molecule has 0 saturated carbocycles. The van der Waals surface area contributed by atoms with Crippen LogP contribution in [0.1, 0.15) is 28.4 Å². The Hall–Kier alpha value is -3.22. The van der Waals surface area contributed by atoms with E-state index in [1.54, 1.807) is 12.1 Å². The summed E-state index contributed by atoms with van der Waals surface area (Å²) >= 11 is 0. The van der Waals surface area contributed by atoms with Crippen LogP contribution in [0.15, 0.2) is 102 Å². The van der Waals surface area contributed by atoms with E-state index in [-0.39, 0.29) is 22.9 Å². The van der Waals surface area contributed by atoms with Gasteiger partial charge in [0.05, 0.1) is 10.4 Å². The second-order valence-corrected chi connectivity index (χ2v) is 8.75. The average molecular weight is 421 g/mol. The number of hydrogen-bond donors (Lipinski definition) is 2. The molecule has 0 aliphatic heterocycles. The number of amides is 1. The highest BCUT2D eigenvalue weighted by atomic mass is 32.2. The lowest BCUT2D eigenvalue weighted by Crippen LogP contribution is -2.44. The van der Waals surface area contributed by atoms with Crippen molar-refractivity contribution in [1.82, 2.24) is 10.0 Å². The molecule has 0 heterocycles. The number of benzene rings is 3. The number of carbonyl (C=O) groups excluding carboxylic acids is 1. The summed E-state index contributed by atoms with van der Waals surface area (Å²) in [5, 5.41) is 3.09. The summed E-state index contributed by atoms with van der Waals surface area (Å²) in [6, 6.07) is 25.3. The van der Waals surface area contributed by atoms with Gasteiger partial charge in [0.2, 0.25) is 10.0 Å². The minimum Gasteiger partial charge on any atom is -0.339 e. The summed E-state index contributed by atoms with van der Waals surface area (Å²) in [6.45, 7) is 5.55. The fourth-order valence-corrected chi connectivity index (χ4v) is 4.25. The van der Waals surface area contributed by atoms with Crippen molar-refractivity contribution in [1.29, 1.82) is 0 Å². The van der Waals surface area contributed by atoms with Crippen LogP contribution in [0.4, 0.5) is 0 Å². The number of rotatable bonds is 8. The molecule has 0 fully saturated rings. The highest BCUT2D eigenvalue weighted by molar-refractivity contribution is 7.89. The van der Waals surface area contributed by atoms with E-state index in [4.69, 9.17) is 0 Å². The molecule has 30 heavy (non-hydrogen) atoms. The molecule has 1 amide bonds. The van der Waals surface area contributed by atoms with Crippen molar-refractivity contribution in [2.75, 3.05) is 6.54 Å². The van der Waals surface area contributed by atoms with Gasteiger partial charge in [-0.1, -0.05) is 72.8 Å². The van der Waals surface area contributed by atoms with Gasteiger partial charge in [0.15, 0.2) is 0 Å². The van der Waals surface area contributed by atoms with Gasteiger partial charge in [0.25, 0.3) is 5.91 Å². The summed E-state index contributed by atoms with van der Waals surface area (Å²) in [5.41, 5.74) is 1.30. The largest absolute Gasteiger partial charge is 0.339 e. The molecule has 0 unspecified atom stereocenters. The Morgan fingerprint density at radius 3 is 2.03 bits per heavy atom. The number of nitrogens with one attached hydrogen (secondary N) is 2. The van der Waals surface area contributed by atoms with Gasteiger partial charge in [0, 0.05) is 12.1 Å². The zero-order valence-corrected chi connectivity index (χ0v) is 17.5. The predicted molar refractivity (Wildman–Crippen MR) is 119 cm³/mol. The first-order chi connectivity index (χ1) is 14.4. The van der Waals surface area contributed by atoms with E-state index in [2.05, 4.69) is 16.6 Å². The van der Waals surface area contributed by atoms with E-state index < -0.39 is 15.6 Å². The molecule has 2 N–H and O–H groups in total. The Kier molecular flexibility index (Phi) is 6.50. The SMILES string of the molecule is C=CCNS(=O)(=O)c1cccc(C(=O)NC(C)(c2ccccc2)c2ccccc2)c1. The zero-order valence-electron chi connectivity index (χ0n) is 16.7. The molecular weight excluding hydrogens is 396 g/mol. The molecule has 154 valence electrons. The van der Waals surface area contributed by atoms with Gasteiger partial charge in [-0.15, -0.1) is 6.58 Å². The zero-order chi connectivity index (χ0) is 21.6. The van der Waals surface area contributed by atoms with Crippen LogP contribution >= 0.6 is 0 Å². The summed E-state index contributed by atoms with van der Waals surface area (Å²) in [6.07, 6.45) is 1.46. The maximum absolute atomic E-state index is 13.2. The Balaban J connectivity index is 1.96. The van der Waals surface area contributed by atoms with Gasteiger partial charge in [-0.25, -0.2) is 13.1 Å². The molecule has 6 heteroatoms. The monoisotopic (exact) mass is 420 g/mol. The number of hydrogen-bond acceptors (Lipinski definition) is 3. The molecule has 0 atom stereocenters. The van der Waals surface area contributed by atoms with Gasteiger partial charge < -0.3 is 5.32 Å². The molecule has 5 nitrogen and oxygen atoms in total. The van der Waals surface area contributed by atoms with Gasteiger partial charge in [0.1, 0.15) is 0 Å². The van der Waals surface area contributed by atoms with Crippen molar-refractivity contribution in [2.24, 2.45) is 0 Å². The highest BCUT2D eigenvalue weighted by Gasteiger charge is 2.31. The molecule has 0 aliphatic carbocycles. The molecule has 3 rings (SSSR count). The van der Waals surface area contributed by atoms with Crippen LogP contribution in [0.3, 0.4) is 0 Å². The second kappa shape index (κ2) is 9.07. The number of carbonyl (C=O) groups is 1. The topological polar surface area (TPSA) is 75.3 Å². The summed E-state index contributed by atoms with van der Waals surface area (Å²) in [7, 11) is -3.73. The molecule has 0 radical (unpaired) electrons. The fourth-order valence-electron chi connectivity index (χ4n) is 3.21. The van der Waals surface area contributed by atoms with Crippen LogP contribution < -0.4 is 10.0 Å². The maximum atomic E-state index is 13.2. The summed E-state index contributed by atoms with van der Waals surface area (Å²) in [5.74, 6) is -0.369. The van der Waals surface area contributed by atoms with Gasteiger partial charge in [-0.05, 0) is 36.2 Å². The first-order valence-electron chi connectivity index (χ1n) is 9.51. The van der Waals surface area contributed by atoms with E-state index in [9.17, 15) is 13.2 Å². The molecule has 0 bridgehead atoms. The summed E-state index contributed by atoms with van der Waals surface area (Å²) < 4.78 is 27.2. The normalized spacial score (nSPS) is 11.6. The molecule has 3 aromatic rings. The quantitative estimate of drug-likeness (QED) is 0.544. The smallest absolute Gasteiger partial charge is 0.252 e. The standard InChI is InChI=1S/C24H24N2O3S/c1-3-17-25-30(28,29)22-16-10-11-19(18-22)23(27)26-24(2,20-12-6-4-7-13-20)21-14-8-5-9-15-21/h3-16,18,25H,1,17H2,2H3,(H,26,27). The molecular formula is C24H24N2O3S. The average Bonchev–Trinajstić information content (AvgIpc) is 2.79. The van der Waals surface area contributed by atoms with Crippen molar-refractivity contribution in [2.45, 2.75) is 17.4 Å². The summed E-state index contributed by atoms with van der Waals surface area (Å²) in [4.78, 5) is 13.2. The van der Waals surface area contributed by atoms with Crippen LogP contribution in [-0.4, -0.2) is 20.9 Å². The number of sulfonamides is 1. The molecule has 0 spiro atoms. The molecule has 0 saturated heterocycles. The van der Waals surface area contributed by atoms with Crippen molar-refractivity contribution >= 4 is 15.9 Å². The van der Waals surface area contributed by atoms with Crippen molar-refractivity contribution in [3.05, 3.63) is 114 Å². The third-order valence-corrected chi connectivity index (χ3v) is 6.31. The molecule has 0 aromatic heterocycles. The molecule has 0 aliphatic rings. The van der Waals surface area contributed by atoms with E-state index in [1.165, 1.54) is 18.2 Å². The lowest BCUT2D eigenvalue weighted by molar-refractivity contribution is 0.0919. The van der Waals surface area contributed by atoms with Crippen molar-refractivity contribution in [3.8, 4) is 0 Å². The fraction of sp³-hybridized carbons (Fsp3) is 0.125. The third-order valence-electron chi connectivity index (χ3n) is 4.89. The third kappa shape index (κ3) is 4.67. The van der Waals surface area contributed by atoms with E-state index in [1.807, 2.05) is 67.6 Å². The van der Waals surface area contributed by atoms with E-state index in [0.717, 1.165) is 11.1 Å². The Labute approximate surface area is 177 Å². The van der Waals surface area contributed by atoms with Gasteiger partial charge in [-0.3, -0.25) is 4.79 Å². The van der Waals surface area contributed by atoms with Crippen LogP contribution in [0.5, 0.6) is 0 Å². The van der Waals surface area contributed by atoms with Crippen molar-refractivity contribution in [3.63, 3.8) is 0 Å². The van der Waals surface area contributed by atoms with Gasteiger partial charge >= 0.3 is 0 Å². The lowest BCUT2D eigenvalue weighted by Gasteiger charge is -2.32.